The lowest BCUT2D eigenvalue weighted by atomic mass is 10.2. The summed E-state index contributed by atoms with van der Waals surface area (Å²) in [6, 6.07) is 0.678. The first kappa shape index (κ1) is 10.2. The second kappa shape index (κ2) is 5.67. The molecule has 1 aliphatic rings. The van der Waals surface area contributed by atoms with E-state index in [1.807, 2.05) is 0 Å². The molecule has 72 valence electrons. The van der Waals surface area contributed by atoms with Gasteiger partial charge >= 0.3 is 0 Å². The molecule has 4 heteroatoms. The lowest BCUT2D eigenvalue weighted by Gasteiger charge is -2.10. The van der Waals surface area contributed by atoms with Crippen LogP contribution in [0.15, 0.2) is 0 Å². The standard InChI is InChI=1S/C8H17NO2S/c10-12(11)7-3-6-9-8-4-1-2-5-8/h8-9H,1-7H2,(H,10,11). The van der Waals surface area contributed by atoms with Crippen molar-refractivity contribution < 1.29 is 8.76 Å². The van der Waals surface area contributed by atoms with Gasteiger partial charge in [-0.25, -0.2) is 4.21 Å². The monoisotopic (exact) mass is 191 g/mol. The van der Waals surface area contributed by atoms with Crippen molar-refractivity contribution in [2.45, 2.75) is 38.1 Å². The third-order valence-electron chi connectivity index (χ3n) is 2.28. The fraction of sp³-hybridized carbons (Fsp3) is 1.00. The largest absolute Gasteiger partial charge is 0.314 e. The predicted octanol–water partition coefficient (Wildman–Crippen LogP) is 1.13. The molecule has 1 atom stereocenters. The van der Waals surface area contributed by atoms with Crippen molar-refractivity contribution in [3.8, 4) is 0 Å². The minimum absolute atomic E-state index is 0.402. The fourth-order valence-corrected chi connectivity index (χ4v) is 2.02. The van der Waals surface area contributed by atoms with E-state index in [0.717, 1.165) is 13.0 Å². The van der Waals surface area contributed by atoms with E-state index in [9.17, 15) is 4.21 Å². The van der Waals surface area contributed by atoms with Gasteiger partial charge < -0.3 is 9.87 Å². The number of hydrogen-bond donors (Lipinski definition) is 2. The third kappa shape index (κ3) is 4.18. The molecule has 1 rings (SSSR count). The molecule has 12 heavy (non-hydrogen) atoms. The van der Waals surface area contributed by atoms with Crippen LogP contribution in [0, 0.1) is 0 Å². The molecule has 0 aliphatic heterocycles. The Kier molecular flexibility index (Phi) is 4.80. The maximum Gasteiger partial charge on any atom is 0.152 e. The molecule has 3 nitrogen and oxygen atoms in total. The van der Waals surface area contributed by atoms with Crippen molar-refractivity contribution in [3.05, 3.63) is 0 Å². The number of rotatable bonds is 5. The molecule has 0 radical (unpaired) electrons. The maximum atomic E-state index is 10.3. The Morgan fingerprint density at radius 1 is 1.42 bits per heavy atom. The smallest absolute Gasteiger partial charge is 0.152 e. The highest BCUT2D eigenvalue weighted by Gasteiger charge is 2.13. The predicted molar refractivity (Wildman–Crippen MR) is 50.5 cm³/mol. The molecule has 1 aliphatic carbocycles. The fourth-order valence-electron chi connectivity index (χ4n) is 1.63. The Morgan fingerprint density at radius 2 is 2.08 bits per heavy atom. The van der Waals surface area contributed by atoms with Gasteiger partial charge in [0.1, 0.15) is 0 Å². The van der Waals surface area contributed by atoms with Gasteiger partial charge in [0, 0.05) is 6.04 Å². The highest BCUT2D eigenvalue weighted by atomic mass is 32.2. The van der Waals surface area contributed by atoms with Crippen LogP contribution < -0.4 is 5.32 Å². The van der Waals surface area contributed by atoms with Gasteiger partial charge in [-0.1, -0.05) is 12.8 Å². The molecule has 1 fully saturated rings. The van der Waals surface area contributed by atoms with Gasteiger partial charge in [0.25, 0.3) is 0 Å². The van der Waals surface area contributed by atoms with Gasteiger partial charge in [-0.2, -0.15) is 0 Å². The van der Waals surface area contributed by atoms with Gasteiger partial charge in [-0.05, 0) is 25.8 Å². The van der Waals surface area contributed by atoms with E-state index in [-0.39, 0.29) is 0 Å². The third-order valence-corrected chi connectivity index (χ3v) is 2.92. The molecule has 1 unspecified atom stereocenters. The van der Waals surface area contributed by atoms with Crippen molar-refractivity contribution in [2.24, 2.45) is 0 Å². The molecule has 0 heterocycles. The summed E-state index contributed by atoms with van der Waals surface area (Å²) in [6.07, 6.45) is 6.04. The van der Waals surface area contributed by atoms with Crippen LogP contribution in [0.3, 0.4) is 0 Å². The lowest BCUT2D eigenvalue weighted by molar-refractivity contribution is 0.517. The Morgan fingerprint density at radius 3 is 2.67 bits per heavy atom. The minimum Gasteiger partial charge on any atom is -0.314 e. The summed E-state index contributed by atoms with van der Waals surface area (Å²) >= 11 is -1.61. The zero-order valence-electron chi connectivity index (χ0n) is 7.29. The molecule has 0 aromatic heterocycles. The first-order valence-corrected chi connectivity index (χ1v) is 5.87. The van der Waals surface area contributed by atoms with E-state index in [4.69, 9.17) is 4.55 Å². The van der Waals surface area contributed by atoms with Gasteiger partial charge in [0.05, 0.1) is 5.75 Å². The summed E-state index contributed by atoms with van der Waals surface area (Å²) in [5.41, 5.74) is 0. The second-order valence-electron chi connectivity index (χ2n) is 3.31. The summed E-state index contributed by atoms with van der Waals surface area (Å²) in [4.78, 5) is 0. The van der Waals surface area contributed by atoms with Crippen molar-refractivity contribution in [1.29, 1.82) is 0 Å². The average molecular weight is 191 g/mol. The molecule has 0 aromatic rings. The van der Waals surface area contributed by atoms with E-state index in [1.165, 1.54) is 25.7 Å². The summed E-state index contributed by atoms with van der Waals surface area (Å²) in [7, 11) is 0. The van der Waals surface area contributed by atoms with Crippen LogP contribution in [-0.4, -0.2) is 27.1 Å². The van der Waals surface area contributed by atoms with Crippen LogP contribution in [0.2, 0.25) is 0 Å². The van der Waals surface area contributed by atoms with Gasteiger partial charge in [0.15, 0.2) is 11.1 Å². The molecule has 2 N–H and O–H groups in total. The summed E-state index contributed by atoms with van der Waals surface area (Å²) < 4.78 is 18.8. The zero-order chi connectivity index (χ0) is 8.81. The van der Waals surface area contributed by atoms with Crippen LogP contribution in [-0.2, 0) is 11.1 Å². The number of hydrogen-bond acceptors (Lipinski definition) is 2. The lowest BCUT2D eigenvalue weighted by Crippen LogP contribution is -2.27. The summed E-state index contributed by atoms with van der Waals surface area (Å²) in [5, 5.41) is 3.39. The van der Waals surface area contributed by atoms with Crippen LogP contribution >= 0.6 is 0 Å². The van der Waals surface area contributed by atoms with Crippen molar-refractivity contribution >= 4 is 11.1 Å². The minimum atomic E-state index is -1.61. The SMILES string of the molecule is O=S(O)CCCNC1CCCC1. The van der Waals surface area contributed by atoms with Gasteiger partial charge in [0.2, 0.25) is 0 Å². The van der Waals surface area contributed by atoms with E-state index in [0.29, 0.717) is 11.8 Å². The quantitative estimate of drug-likeness (QED) is 0.506. The van der Waals surface area contributed by atoms with E-state index < -0.39 is 11.1 Å². The van der Waals surface area contributed by atoms with Gasteiger partial charge in [-0.15, -0.1) is 0 Å². The first-order valence-electron chi connectivity index (χ1n) is 4.60. The zero-order valence-corrected chi connectivity index (χ0v) is 8.11. The Bertz CT molecular complexity index is 146. The molecular weight excluding hydrogens is 174 g/mol. The first-order chi connectivity index (χ1) is 5.79. The van der Waals surface area contributed by atoms with Crippen molar-refractivity contribution in [2.75, 3.05) is 12.3 Å². The maximum absolute atomic E-state index is 10.3. The Labute approximate surface area is 76.2 Å². The van der Waals surface area contributed by atoms with Crippen LogP contribution in [0.1, 0.15) is 32.1 Å². The molecule has 0 aromatic carbocycles. The normalized spacial score (nSPS) is 21.4. The van der Waals surface area contributed by atoms with Crippen molar-refractivity contribution in [1.82, 2.24) is 5.32 Å². The van der Waals surface area contributed by atoms with E-state index in [2.05, 4.69) is 5.32 Å². The molecule has 0 saturated heterocycles. The molecular formula is C8H17NO2S. The van der Waals surface area contributed by atoms with Gasteiger partial charge in [-0.3, -0.25) is 0 Å². The molecule has 0 spiro atoms. The topological polar surface area (TPSA) is 49.3 Å². The highest BCUT2D eigenvalue weighted by Crippen LogP contribution is 2.17. The molecule has 1 saturated carbocycles. The van der Waals surface area contributed by atoms with Crippen LogP contribution in [0.5, 0.6) is 0 Å². The number of nitrogens with one attached hydrogen (secondary N) is 1. The summed E-state index contributed by atoms with van der Waals surface area (Å²) in [5.74, 6) is 0.402. The Hall–Kier alpha value is 0.0700. The highest BCUT2D eigenvalue weighted by molar-refractivity contribution is 7.79. The van der Waals surface area contributed by atoms with Crippen LogP contribution in [0.25, 0.3) is 0 Å². The van der Waals surface area contributed by atoms with E-state index >= 15 is 0 Å². The van der Waals surface area contributed by atoms with Crippen LogP contribution in [0.4, 0.5) is 0 Å². The molecule has 0 bridgehead atoms. The summed E-state index contributed by atoms with van der Waals surface area (Å²) in [6.45, 7) is 0.886. The average Bonchev–Trinajstić information content (AvgIpc) is 2.49. The molecule has 0 amide bonds. The second-order valence-corrected chi connectivity index (χ2v) is 4.37. The Balaban J connectivity index is 1.91. The van der Waals surface area contributed by atoms with Crippen molar-refractivity contribution in [3.63, 3.8) is 0 Å². The van der Waals surface area contributed by atoms with E-state index in [1.54, 1.807) is 0 Å².